The van der Waals surface area contributed by atoms with Crippen molar-refractivity contribution in [1.29, 1.82) is 0 Å². The highest BCUT2D eigenvalue weighted by atomic mass is 35.5. The lowest BCUT2D eigenvalue weighted by molar-refractivity contribution is 0.268. The summed E-state index contributed by atoms with van der Waals surface area (Å²) >= 11 is 12.0. The molecule has 1 aromatic rings. The molecule has 0 amide bonds. The van der Waals surface area contributed by atoms with Gasteiger partial charge in [-0.1, -0.05) is 48.5 Å². The van der Waals surface area contributed by atoms with Gasteiger partial charge in [0.25, 0.3) is 0 Å². The van der Waals surface area contributed by atoms with E-state index in [0.29, 0.717) is 22.1 Å². The number of halogens is 2. The largest absolute Gasteiger partial charge is 0.307 e. The van der Waals surface area contributed by atoms with Crippen molar-refractivity contribution in [3.8, 4) is 0 Å². The van der Waals surface area contributed by atoms with Crippen LogP contribution in [0.1, 0.15) is 57.6 Å². The van der Waals surface area contributed by atoms with E-state index in [2.05, 4.69) is 25.2 Å². The first-order chi connectivity index (χ1) is 9.08. The predicted octanol–water partition coefficient (Wildman–Crippen LogP) is 5.61. The molecule has 19 heavy (non-hydrogen) atoms. The zero-order chi connectivity index (χ0) is 13.8. The zero-order valence-corrected chi connectivity index (χ0v) is 13.3. The van der Waals surface area contributed by atoms with Gasteiger partial charge in [-0.2, -0.15) is 0 Å². The van der Waals surface area contributed by atoms with Crippen molar-refractivity contribution in [2.45, 2.75) is 58.0 Å². The molecule has 1 nitrogen and oxygen atoms in total. The minimum Gasteiger partial charge on any atom is -0.307 e. The Morgan fingerprint density at radius 1 is 1.05 bits per heavy atom. The molecule has 1 aliphatic rings. The molecule has 0 aromatic heterocycles. The molecule has 2 rings (SSSR count). The topological polar surface area (TPSA) is 12.0 Å². The third kappa shape index (κ3) is 4.11. The molecule has 0 radical (unpaired) electrons. The fourth-order valence-corrected chi connectivity index (χ4v) is 3.35. The van der Waals surface area contributed by atoms with Crippen molar-refractivity contribution >= 4 is 23.2 Å². The van der Waals surface area contributed by atoms with Gasteiger partial charge in [0.15, 0.2) is 0 Å². The number of rotatable bonds is 4. The molecule has 0 bridgehead atoms. The molecule has 0 heterocycles. The maximum Gasteiger partial charge on any atom is 0.0595 e. The lowest BCUT2D eigenvalue weighted by atomic mass is 9.84. The van der Waals surface area contributed by atoms with E-state index in [9.17, 15) is 0 Å². The van der Waals surface area contributed by atoms with Crippen LogP contribution >= 0.6 is 23.2 Å². The Morgan fingerprint density at radius 2 is 1.74 bits per heavy atom. The Kier molecular flexibility index (Phi) is 5.56. The van der Waals surface area contributed by atoms with Crippen LogP contribution in [0.15, 0.2) is 18.2 Å². The number of hydrogen-bond donors (Lipinski definition) is 1. The summed E-state index contributed by atoms with van der Waals surface area (Å²) in [6, 6.07) is 6.77. The molecule has 3 heteroatoms. The van der Waals surface area contributed by atoms with E-state index < -0.39 is 0 Å². The van der Waals surface area contributed by atoms with Crippen LogP contribution in [0.5, 0.6) is 0 Å². The quantitative estimate of drug-likeness (QED) is 0.761. The first-order valence-electron chi connectivity index (χ1n) is 7.29. The third-order valence-electron chi connectivity index (χ3n) is 4.31. The molecule has 106 valence electrons. The van der Waals surface area contributed by atoms with Crippen LogP contribution in [0.25, 0.3) is 0 Å². The summed E-state index contributed by atoms with van der Waals surface area (Å²) in [7, 11) is 0. The van der Waals surface area contributed by atoms with E-state index in [-0.39, 0.29) is 0 Å². The van der Waals surface area contributed by atoms with Crippen molar-refractivity contribution in [3.63, 3.8) is 0 Å². The predicted molar refractivity (Wildman–Crippen MR) is 84.0 cm³/mol. The molecular weight excluding hydrogens is 277 g/mol. The Morgan fingerprint density at radius 3 is 2.37 bits per heavy atom. The second kappa shape index (κ2) is 6.97. The fraction of sp³-hybridized carbons (Fsp3) is 0.625. The van der Waals surface area contributed by atoms with Gasteiger partial charge in [-0.3, -0.25) is 0 Å². The van der Waals surface area contributed by atoms with Crippen LogP contribution < -0.4 is 5.32 Å². The van der Waals surface area contributed by atoms with Gasteiger partial charge in [-0.25, -0.2) is 0 Å². The summed E-state index contributed by atoms with van der Waals surface area (Å²) in [4.78, 5) is 0. The molecule has 0 spiro atoms. The third-order valence-corrected chi connectivity index (χ3v) is 5.05. The van der Waals surface area contributed by atoms with Gasteiger partial charge in [0, 0.05) is 12.1 Å². The summed E-state index contributed by atoms with van der Waals surface area (Å²) in [5, 5.41) is 4.97. The van der Waals surface area contributed by atoms with Gasteiger partial charge in [-0.15, -0.1) is 0 Å². The van der Waals surface area contributed by atoms with Gasteiger partial charge >= 0.3 is 0 Å². The lowest BCUT2D eigenvalue weighted by Gasteiger charge is -2.31. The van der Waals surface area contributed by atoms with Crippen LogP contribution in [-0.4, -0.2) is 6.04 Å². The van der Waals surface area contributed by atoms with Crippen LogP contribution in [-0.2, 0) is 0 Å². The average molecular weight is 300 g/mol. The van der Waals surface area contributed by atoms with E-state index in [4.69, 9.17) is 23.2 Å². The summed E-state index contributed by atoms with van der Waals surface area (Å²) in [5.41, 5.74) is 1.21. The minimum atomic E-state index is 0.312. The van der Waals surface area contributed by atoms with Gasteiger partial charge in [0.2, 0.25) is 0 Å². The summed E-state index contributed by atoms with van der Waals surface area (Å²) in [5.74, 6) is 0.818. The minimum absolute atomic E-state index is 0.312. The van der Waals surface area contributed by atoms with Crippen molar-refractivity contribution < 1.29 is 0 Å². The van der Waals surface area contributed by atoms with Crippen molar-refractivity contribution in [1.82, 2.24) is 5.32 Å². The van der Waals surface area contributed by atoms with Gasteiger partial charge < -0.3 is 5.32 Å². The van der Waals surface area contributed by atoms with Gasteiger partial charge in [0.1, 0.15) is 0 Å². The number of nitrogens with one attached hydrogen (secondary N) is 1. The fourth-order valence-electron chi connectivity index (χ4n) is 3.04. The highest BCUT2D eigenvalue weighted by Crippen LogP contribution is 2.29. The van der Waals surface area contributed by atoms with Crippen molar-refractivity contribution in [3.05, 3.63) is 33.8 Å². The maximum atomic E-state index is 6.08. The second-order valence-electron chi connectivity index (χ2n) is 5.75. The molecule has 1 aliphatic carbocycles. The molecule has 0 saturated heterocycles. The first kappa shape index (κ1) is 15.2. The molecule has 0 aliphatic heterocycles. The summed E-state index contributed by atoms with van der Waals surface area (Å²) in [6.45, 7) is 4.50. The van der Waals surface area contributed by atoms with Crippen molar-refractivity contribution in [2.24, 2.45) is 5.92 Å². The Hall–Kier alpha value is -0.240. The van der Waals surface area contributed by atoms with Gasteiger partial charge in [-0.05, 0) is 50.3 Å². The van der Waals surface area contributed by atoms with E-state index in [1.165, 1.54) is 37.7 Å². The Balaban J connectivity index is 1.95. The van der Waals surface area contributed by atoms with E-state index in [1.54, 1.807) is 0 Å². The first-order valence-corrected chi connectivity index (χ1v) is 8.04. The average Bonchev–Trinajstić information content (AvgIpc) is 2.42. The SMILES string of the molecule is CC(NC(C)C1CCCCC1)c1ccc(Cl)c(Cl)c1. The standard InChI is InChI=1S/C16H23Cl2N/c1-11(13-6-4-3-5-7-13)19-12(2)14-8-9-15(17)16(18)10-14/h8-13,19H,3-7H2,1-2H3. The maximum absolute atomic E-state index is 6.08. The molecule has 2 unspecified atom stereocenters. The van der Waals surface area contributed by atoms with Crippen LogP contribution in [0.4, 0.5) is 0 Å². The summed E-state index contributed by atoms with van der Waals surface area (Å²) in [6.07, 6.45) is 6.91. The molecule has 1 fully saturated rings. The van der Waals surface area contributed by atoms with Crippen LogP contribution in [0.2, 0.25) is 10.0 Å². The molecule has 1 saturated carbocycles. The normalized spacial score (nSPS) is 20.2. The molecular formula is C16H23Cl2N. The van der Waals surface area contributed by atoms with Crippen molar-refractivity contribution in [2.75, 3.05) is 0 Å². The molecule has 1 N–H and O–H groups in total. The Labute approximate surface area is 126 Å². The highest BCUT2D eigenvalue weighted by molar-refractivity contribution is 6.42. The highest BCUT2D eigenvalue weighted by Gasteiger charge is 2.21. The number of benzene rings is 1. The number of hydrogen-bond acceptors (Lipinski definition) is 1. The van der Waals surface area contributed by atoms with E-state index in [1.807, 2.05) is 12.1 Å². The van der Waals surface area contributed by atoms with Crippen LogP contribution in [0.3, 0.4) is 0 Å². The Bertz CT molecular complexity index is 413. The van der Waals surface area contributed by atoms with Crippen LogP contribution in [0, 0.1) is 5.92 Å². The second-order valence-corrected chi connectivity index (χ2v) is 6.56. The summed E-state index contributed by atoms with van der Waals surface area (Å²) < 4.78 is 0. The van der Waals surface area contributed by atoms with Gasteiger partial charge in [0.05, 0.1) is 10.0 Å². The van der Waals surface area contributed by atoms with E-state index in [0.717, 1.165) is 5.92 Å². The molecule has 2 atom stereocenters. The zero-order valence-electron chi connectivity index (χ0n) is 11.8. The smallest absolute Gasteiger partial charge is 0.0595 e. The van der Waals surface area contributed by atoms with E-state index >= 15 is 0 Å². The monoisotopic (exact) mass is 299 g/mol. The molecule has 1 aromatic carbocycles. The lowest BCUT2D eigenvalue weighted by Crippen LogP contribution is -2.36.